The monoisotopic (exact) mass is 474 g/mol. The lowest BCUT2D eigenvalue weighted by Gasteiger charge is -2.42. The minimum absolute atomic E-state index is 0.176. The second-order valence-corrected chi connectivity index (χ2v) is 10.5. The van der Waals surface area contributed by atoms with Crippen LogP contribution in [-0.2, 0) is 16.1 Å². The van der Waals surface area contributed by atoms with Gasteiger partial charge in [0.25, 0.3) is 0 Å². The molecule has 7 heteroatoms. The number of carbonyl (C=O) groups is 2. The molecule has 1 saturated heterocycles. The van der Waals surface area contributed by atoms with Gasteiger partial charge in [0.15, 0.2) is 0 Å². The number of nitriles is 1. The number of aromatic nitrogens is 1. The van der Waals surface area contributed by atoms with Gasteiger partial charge in [0.1, 0.15) is 11.6 Å². The second-order valence-electron chi connectivity index (χ2n) is 10.5. The normalized spacial score (nSPS) is 18.3. The lowest BCUT2D eigenvalue weighted by Crippen LogP contribution is -2.59. The summed E-state index contributed by atoms with van der Waals surface area (Å²) in [6, 6.07) is 12.6. The average Bonchev–Trinajstić information content (AvgIpc) is 2.81. The fraction of sp³-hybridized carbons (Fsp3) is 0.500. The van der Waals surface area contributed by atoms with Gasteiger partial charge < -0.3 is 9.64 Å². The number of anilines is 1. The first kappa shape index (κ1) is 24.7. The van der Waals surface area contributed by atoms with E-state index in [0.717, 1.165) is 5.69 Å². The second kappa shape index (κ2) is 10.5. The van der Waals surface area contributed by atoms with E-state index in [9.17, 15) is 14.9 Å². The Hall–Kier alpha value is -3.40. The van der Waals surface area contributed by atoms with Gasteiger partial charge in [-0.1, -0.05) is 25.3 Å². The molecular formula is C28H34N4O3. The lowest BCUT2D eigenvalue weighted by molar-refractivity contribution is -0.128. The van der Waals surface area contributed by atoms with E-state index in [-0.39, 0.29) is 12.5 Å². The lowest BCUT2D eigenvalue weighted by atomic mass is 9.85. The molecule has 7 nitrogen and oxygen atoms in total. The molecule has 1 atom stereocenters. The highest BCUT2D eigenvalue weighted by atomic mass is 16.6. The number of pyridine rings is 1. The van der Waals surface area contributed by atoms with Crippen LogP contribution in [-0.4, -0.2) is 40.1 Å². The molecule has 0 N–H and O–H groups in total. The first-order valence-electron chi connectivity index (χ1n) is 12.5. The predicted molar refractivity (Wildman–Crippen MR) is 134 cm³/mol. The fourth-order valence-electron chi connectivity index (χ4n) is 4.74. The van der Waals surface area contributed by atoms with Gasteiger partial charge in [0.05, 0.1) is 23.9 Å². The third-order valence-corrected chi connectivity index (χ3v) is 6.75. The number of carbonyl (C=O) groups excluding carboxylic acids is 2. The molecule has 2 amide bonds. The van der Waals surface area contributed by atoms with Crippen molar-refractivity contribution < 1.29 is 14.3 Å². The number of hydrogen-bond acceptors (Lipinski definition) is 5. The summed E-state index contributed by atoms with van der Waals surface area (Å²) in [6.07, 6.45) is 8.31. The SMILES string of the molecule is CC(C)(C)OC(=O)N1CC[C@@H]1C(=O)N(Cc1ccc(C2CCCCC2)cn1)c1ccc(C#N)cc1. The molecule has 0 bridgehead atoms. The smallest absolute Gasteiger partial charge is 0.410 e. The Morgan fingerprint density at radius 1 is 1.09 bits per heavy atom. The van der Waals surface area contributed by atoms with E-state index in [2.05, 4.69) is 17.1 Å². The van der Waals surface area contributed by atoms with E-state index < -0.39 is 17.7 Å². The van der Waals surface area contributed by atoms with E-state index in [4.69, 9.17) is 4.74 Å². The summed E-state index contributed by atoms with van der Waals surface area (Å²) in [5, 5.41) is 9.17. The van der Waals surface area contributed by atoms with Crippen LogP contribution < -0.4 is 4.90 Å². The van der Waals surface area contributed by atoms with Gasteiger partial charge >= 0.3 is 6.09 Å². The Morgan fingerprint density at radius 3 is 2.34 bits per heavy atom. The molecule has 35 heavy (non-hydrogen) atoms. The molecule has 4 rings (SSSR count). The number of benzene rings is 1. The maximum atomic E-state index is 13.7. The number of amides is 2. The van der Waals surface area contributed by atoms with Crippen molar-refractivity contribution >= 4 is 17.7 Å². The number of hydrogen-bond donors (Lipinski definition) is 0. The first-order chi connectivity index (χ1) is 16.7. The van der Waals surface area contributed by atoms with Crippen LogP contribution in [0.5, 0.6) is 0 Å². The number of nitrogens with zero attached hydrogens (tertiary/aromatic N) is 4. The highest BCUT2D eigenvalue weighted by molar-refractivity contribution is 5.99. The highest BCUT2D eigenvalue weighted by Crippen LogP contribution is 2.32. The van der Waals surface area contributed by atoms with E-state index in [1.54, 1.807) is 29.2 Å². The molecular weight excluding hydrogens is 440 g/mol. The number of likely N-dealkylation sites (tertiary alicyclic amines) is 1. The van der Waals surface area contributed by atoms with E-state index in [0.29, 0.717) is 30.1 Å². The van der Waals surface area contributed by atoms with Crippen molar-refractivity contribution in [2.45, 2.75) is 83.4 Å². The third-order valence-electron chi connectivity index (χ3n) is 6.75. The summed E-state index contributed by atoms with van der Waals surface area (Å²) in [5.74, 6) is 0.392. The molecule has 2 aliphatic rings. The van der Waals surface area contributed by atoms with Crippen LogP contribution in [0, 0.1) is 11.3 Å². The Labute approximate surface area is 207 Å². The molecule has 1 aliphatic heterocycles. The molecule has 2 aromatic rings. The summed E-state index contributed by atoms with van der Waals surface area (Å²) in [6.45, 7) is 6.21. The molecule has 184 valence electrons. The minimum Gasteiger partial charge on any atom is -0.444 e. The van der Waals surface area contributed by atoms with Gasteiger partial charge in [-0.2, -0.15) is 5.26 Å². The van der Waals surface area contributed by atoms with Gasteiger partial charge in [-0.05, 0) is 81.8 Å². The van der Waals surface area contributed by atoms with Gasteiger partial charge in [-0.25, -0.2) is 4.79 Å². The fourth-order valence-corrected chi connectivity index (χ4v) is 4.74. The molecule has 2 fully saturated rings. The van der Waals surface area contributed by atoms with Crippen LogP contribution in [0.4, 0.5) is 10.5 Å². The molecule has 0 spiro atoms. The Bertz CT molecular complexity index is 1080. The first-order valence-corrected chi connectivity index (χ1v) is 12.5. The summed E-state index contributed by atoms with van der Waals surface area (Å²) >= 11 is 0. The van der Waals surface area contributed by atoms with Crippen LogP contribution in [0.2, 0.25) is 0 Å². The number of rotatable bonds is 5. The quantitative estimate of drug-likeness (QED) is 0.568. The van der Waals surface area contributed by atoms with Gasteiger partial charge in [-0.3, -0.25) is 14.7 Å². The molecule has 1 aromatic carbocycles. The van der Waals surface area contributed by atoms with Crippen LogP contribution in [0.1, 0.15) is 82.0 Å². The zero-order valence-electron chi connectivity index (χ0n) is 20.9. The third kappa shape index (κ3) is 6.00. The summed E-state index contributed by atoms with van der Waals surface area (Å²) in [7, 11) is 0. The van der Waals surface area contributed by atoms with E-state index in [1.165, 1.54) is 42.6 Å². The molecule has 2 heterocycles. The molecule has 1 saturated carbocycles. The van der Waals surface area contributed by atoms with Gasteiger partial charge in [-0.15, -0.1) is 0 Å². The molecule has 1 aromatic heterocycles. The molecule has 1 aliphatic carbocycles. The predicted octanol–water partition coefficient (Wildman–Crippen LogP) is 5.54. The standard InChI is InChI=1S/C28H34N4O3/c1-28(2,3)35-27(34)31-16-15-25(31)26(33)32(24-13-9-20(17-29)10-14-24)19-23-12-11-22(18-30-23)21-7-5-4-6-8-21/h9-14,18,21,25H,4-8,15-16,19H2,1-3H3/t25-/m1/s1. The average molecular weight is 475 g/mol. The maximum absolute atomic E-state index is 13.7. The Balaban J connectivity index is 1.54. The van der Waals surface area contributed by atoms with Crippen LogP contribution in [0.15, 0.2) is 42.6 Å². The zero-order valence-corrected chi connectivity index (χ0v) is 20.9. The number of ether oxygens (including phenoxy) is 1. The highest BCUT2D eigenvalue weighted by Gasteiger charge is 2.42. The topological polar surface area (TPSA) is 86.5 Å². The molecule has 0 radical (unpaired) electrons. The van der Waals surface area contributed by atoms with Crippen molar-refractivity contribution in [3.63, 3.8) is 0 Å². The Kier molecular flexibility index (Phi) is 7.39. The maximum Gasteiger partial charge on any atom is 0.410 e. The molecule has 0 unspecified atom stereocenters. The van der Waals surface area contributed by atoms with Crippen LogP contribution >= 0.6 is 0 Å². The van der Waals surface area contributed by atoms with Crippen molar-refractivity contribution in [3.8, 4) is 6.07 Å². The van der Waals surface area contributed by atoms with Gasteiger partial charge in [0, 0.05) is 18.4 Å². The minimum atomic E-state index is -0.628. The van der Waals surface area contributed by atoms with Crippen molar-refractivity contribution in [1.82, 2.24) is 9.88 Å². The van der Waals surface area contributed by atoms with Crippen LogP contribution in [0.3, 0.4) is 0 Å². The van der Waals surface area contributed by atoms with Crippen molar-refractivity contribution in [1.29, 1.82) is 5.26 Å². The Morgan fingerprint density at radius 2 is 1.80 bits per heavy atom. The summed E-state index contributed by atoms with van der Waals surface area (Å²) in [5.41, 5.74) is 2.61. The van der Waals surface area contributed by atoms with Crippen molar-refractivity contribution in [2.75, 3.05) is 11.4 Å². The summed E-state index contributed by atoms with van der Waals surface area (Å²) in [4.78, 5) is 34.1. The van der Waals surface area contributed by atoms with Crippen LogP contribution in [0.25, 0.3) is 0 Å². The van der Waals surface area contributed by atoms with E-state index >= 15 is 0 Å². The van der Waals surface area contributed by atoms with E-state index in [1.807, 2.05) is 33.0 Å². The van der Waals surface area contributed by atoms with Crippen molar-refractivity contribution in [3.05, 3.63) is 59.4 Å². The summed E-state index contributed by atoms with van der Waals surface area (Å²) < 4.78 is 5.49. The van der Waals surface area contributed by atoms with Gasteiger partial charge in [0.2, 0.25) is 5.91 Å². The van der Waals surface area contributed by atoms with Crippen molar-refractivity contribution in [2.24, 2.45) is 0 Å². The largest absolute Gasteiger partial charge is 0.444 e. The zero-order chi connectivity index (χ0) is 25.0.